The van der Waals surface area contributed by atoms with Gasteiger partial charge in [-0.25, -0.2) is 0 Å². The van der Waals surface area contributed by atoms with Gasteiger partial charge in [0, 0.05) is 11.5 Å². The Kier molecular flexibility index (Phi) is 4.20. The maximum Gasteiger partial charge on any atom is 0.306 e. The number of hydrogen-bond acceptors (Lipinski definition) is 3. The molecule has 0 bridgehead atoms. The van der Waals surface area contributed by atoms with Gasteiger partial charge in [-0.15, -0.1) is 0 Å². The zero-order valence-corrected chi connectivity index (χ0v) is 10.3. The maximum atomic E-state index is 11.2. The number of carboxylic acid groups (broad SMARTS) is 1. The zero-order chi connectivity index (χ0) is 13.0. The summed E-state index contributed by atoms with van der Waals surface area (Å²) >= 11 is 0. The molecule has 0 aromatic heterocycles. The Balaban J connectivity index is 2.02. The fraction of sp³-hybridized carbons (Fsp3) is 0.500. The molecule has 0 saturated carbocycles. The molecule has 0 amide bonds. The molecule has 1 aromatic carbocycles. The van der Waals surface area contributed by atoms with Gasteiger partial charge in [-0.05, 0) is 31.9 Å². The predicted molar refractivity (Wildman–Crippen MR) is 68.7 cm³/mol. The van der Waals surface area contributed by atoms with Gasteiger partial charge in [0.1, 0.15) is 5.75 Å². The molecule has 98 valence electrons. The molecule has 3 N–H and O–H groups in total. The molecular formula is C14H19NO3. The molecule has 0 saturated heterocycles. The summed E-state index contributed by atoms with van der Waals surface area (Å²) in [7, 11) is 0. The van der Waals surface area contributed by atoms with Crippen molar-refractivity contribution in [2.45, 2.75) is 25.2 Å². The minimum atomic E-state index is -0.729. The Morgan fingerprint density at radius 3 is 3.00 bits per heavy atom. The maximum absolute atomic E-state index is 11.2. The first kappa shape index (κ1) is 12.9. The van der Waals surface area contributed by atoms with E-state index >= 15 is 0 Å². The van der Waals surface area contributed by atoms with E-state index in [1.165, 1.54) is 0 Å². The second-order valence-corrected chi connectivity index (χ2v) is 4.75. The van der Waals surface area contributed by atoms with Crippen molar-refractivity contribution in [2.75, 3.05) is 13.2 Å². The first-order chi connectivity index (χ1) is 8.72. The number of nitrogens with two attached hydrogens (primary N) is 1. The molecule has 0 radical (unpaired) electrons. The highest BCUT2D eigenvalue weighted by atomic mass is 16.5. The molecule has 0 spiro atoms. The summed E-state index contributed by atoms with van der Waals surface area (Å²) < 4.78 is 5.58. The van der Waals surface area contributed by atoms with Gasteiger partial charge in [0.25, 0.3) is 0 Å². The fourth-order valence-electron chi connectivity index (χ4n) is 2.47. The number of rotatable bonds is 6. The van der Waals surface area contributed by atoms with E-state index in [-0.39, 0.29) is 11.8 Å². The summed E-state index contributed by atoms with van der Waals surface area (Å²) in [6.45, 7) is 1.13. The number of para-hydroxylation sites is 1. The van der Waals surface area contributed by atoms with Crippen molar-refractivity contribution < 1.29 is 14.6 Å². The summed E-state index contributed by atoms with van der Waals surface area (Å²) in [5, 5.41) is 9.23. The number of ether oxygens (including phenoxy) is 1. The summed E-state index contributed by atoms with van der Waals surface area (Å²) in [4.78, 5) is 11.2. The average molecular weight is 249 g/mol. The van der Waals surface area contributed by atoms with Gasteiger partial charge in [-0.2, -0.15) is 0 Å². The minimum Gasteiger partial charge on any atom is -0.493 e. The monoisotopic (exact) mass is 249 g/mol. The standard InChI is InChI=1S/C14H19NO3/c15-7-3-4-10(14(16)17)8-11-9-18-13-6-2-1-5-12(11)13/h1-2,5-6,10-11H,3-4,7-9,15H2,(H,16,17). The molecule has 2 atom stereocenters. The molecule has 18 heavy (non-hydrogen) atoms. The van der Waals surface area contributed by atoms with Gasteiger partial charge in [-0.1, -0.05) is 18.2 Å². The highest BCUT2D eigenvalue weighted by Gasteiger charge is 2.29. The van der Waals surface area contributed by atoms with E-state index in [2.05, 4.69) is 0 Å². The van der Waals surface area contributed by atoms with Crippen LogP contribution in [0.5, 0.6) is 5.75 Å². The summed E-state index contributed by atoms with van der Waals surface area (Å²) in [6.07, 6.45) is 2.03. The van der Waals surface area contributed by atoms with Crippen LogP contribution in [0.4, 0.5) is 0 Å². The Morgan fingerprint density at radius 1 is 1.50 bits per heavy atom. The van der Waals surface area contributed by atoms with Gasteiger partial charge in [-0.3, -0.25) is 4.79 Å². The van der Waals surface area contributed by atoms with Crippen molar-refractivity contribution >= 4 is 5.97 Å². The first-order valence-corrected chi connectivity index (χ1v) is 6.37. The molecule has 1 aliphatic rings. The molecule has 1 aromatic rings. The lowest BCUT2D eigenvalue weighted by molar-refractivity contribution is -0.142. The molecular weight excluding hydrogens is 230 g/mol. The lowest BCUT2D eigenvalue weighted by Crippen LogP contribution is -2.19. The molecule has 0 fully saturated rings. The third-order valence-corrected chi connectivity index (χ3v) is 3.47. The highest BCUT2D eigenvalue weighted by Crippen LogP contribution is 2.37. The van der Waals surface area contributed by atoms with Gasteiger partial charge < -0.3 is 15.6 Å². The van der Waals surface area contributed by atoms with Gasteiger partial charge in [0.05, 0.1) is 12.5 Å². The summed E-state index contributed by atoms with van der Waals surface area (Å²) in [5.41, 5.74) is 6.58. The zero-order valence-electron chi connectivity index (χ0n) is 10.3. The van der Waals surface area contributed by atoms with Gasteiger partial charge >= 0.3 is 5.97 Å². The molecule has 4 nitrogen and oxygen atoms in total. The van der Waals surface area contributed by atoms with E-state index in [0.717, 1.165) is 17.7 Å². The lowest BCUT2D eigenvalue weighted by atomic mass is 9.88. The predicted octanol–water partition coefficient (Wildman–Crippen LogP) is 1.99. The molecule has 2 unspecified atom stereocenters. The highest BCUT2D eigenvalue weighted by molar-refractivity contribution is 5.70. The van der Waals surface area contributed by atoms with Crippen molar-refractivity contribution in [3.05, 3.63) is 29.8 Å². The Bertz CT molecular complexity index is 419. The topological polar surface area (TPSA) is 72.5 Å². The van der Waals surface area contributed by atoms with E-state index in [1.807, 2.05) is 24.3 Å². The molecule has 0 aliphatic carbocycles. The number of carboxylic acids is 1. The van der Waals surface area contributed by atoms with Crippen LogP contribution in [0, 0.1) is 5.92 Å². The number of aliphatic carboxylic acids is 1. The largest absolute Gasteiger partial charge is 0.493 e. The van der Waals surface area contributed by atoms with E-state index in [4.69, 9.17) is 10.5 Å². The SMILES string of the molecule is NCCCC(CC1COc2ccccc21)C(=O)O. The molecule has 2 rings (SSSR count). The van der Waals surface area contributed by atoms with Crippen molar-refractivity contribution in [3.8, 4) is 5.75 Å². The molecule has 1 heterocycles. The number of carbonyl (C=O) groups is 1. The lowest BCUT2D eigenvalue weighted by Gasteiger charge is -2.15. The van der Waals surface area contributed by atoms with Crippen molar-refractivity contribution in [3.63, 3.8) is 0 Å². The molecule has 1 aliphatic heterocycles. The number of benzene rings is 1. The van der Waals surface area contributed by atoms with Gasteiger partial charge in [0.15, 0.2) is 0 Å². The second kappa shape index (κ2) is 5.87. The Hall–Kier alpha value is -1.55. The van der Waals surface area contributed by atoms with Crippen LogP contribution in [0.2, 0.25) is 0 Å². The fourth-order valence-corrected chi connectivity index (χ4v) is 2.47. The summed E-state index contributed by atoms with van der Waals surface area (Å²) in [6, 6.07) is 7.86. The van der Waals surface area contributed by atoms with Crippen molar-refractivity contribution in [1.29, 1.82) is 0 Å². The van der Waals surface area contributed by atoms with Crippen LogP contribution >= 0.6 is 0 Å². The van der Waals surface area contributed by atoms with Gasteiger partial charge in [0.2, 0.25) is 0 Å². The van der Waals surface area contributed by atoms with Crippen LogP contribution < -0.4 is 10.5 Å². The number of hydrogen-bond donors (Lipinski definition) is 2. The third-order valence-electron chi connectivity index (χ3n) is 3.47. The first-order valence-electron chi connectivity index (χ1n) is 6.37. The van der Waals surface area contributed by atoms with Crippen molar-refractivity contribution in [2.24, 2.45) is 11.7 Å². The normalized spacial score (nSPS) is 19.1. The van der Waals surface area contributed by atoms with E-state index in [9.17, 15) is 9.90 Å². The Labute approximate surface area is 107 Å². The van der Waals surface area contributed by atoms with Crippen molar-refractivity contribution in [1.82, 2.24) is 0 Å². The van der Waals surface area contributed by atoms with Crippen LogP contribution in [-0.2, 0) is 4.79 Å². The quantitative estimate of drug-likeness (QED) is 0.808. The Morgan fingerprint density at radius 2 is 2.28 bits per heavy atom. The average Bonchev–Trinajstić information content (AvgIpc) is 2.77. The van der Waals surface area contributed by atoms with E-state index < -0.39 is 5.97 Å². The smallest absolute Gasteiger partial charge is 0.306 e. The van der Waals surface area contributed by atoms with Crippen LogP contribution in [0.15, 0.2) is 24.3 Å². The third kappa shape index (κ3) is 2.82. The minimum absolute atomic E-state index is 0.195. The van der Waals surface area contributed by atoms with E-state index in [1.54, 1.807) is 0 Å². The van der Waals surface area contributed by atoms with Crippen LogP contribution in [-0.4, -0.2) is 24.2 Å². The van der Waals surface area contributed by atoms with E-state index in [0.29, 0.717) is 26.0 Å². The van der Waals surface area contributed by atoms with Crippen LogP contribution in [0.1, 0.15) is 30.7 Å². The van der Waals surface area contributed by atoms with Crippen LogP contribution in [0.25, 0.3) is 0 Å². The second-order valence-electron chi connectivity index (χ2n) is 4.75. The molecule has 4 heteroatoms. The summed E-state index contributed by atoms with van der Waals surface area (Å²) in [5.74, 6) is 0.0340. The number of fused-ring (bicyclic) bond motifs is 1. The van der Waals surface area contributed by atoms with Crippen LogP contribution in [0.3, 0.4) is 0 Å².